The normalized spacial score (nSPS) is 14.6. The molecule has 0 saturated carbocycles. The van der Waals surface area contributed by atoms with Crippen LogP contribution in [0, 0.1) is 3.57 Å². The molecule has 1 aromatic rings. The number of ether oxygens (including phenoxy) is 2. The molecule has 1 aliphatic rings. The maximum Gasteiger partial charge on any atom is 0.257 e. The lowest BCUT2D eigenvalue weighted by atomic mass is 10.4. The number of aromatic nitrogens is 1. The van der Waals surface area contributed by atoms with Gasteiger partial charge in [-0.05, 0) is 22.6 Å². The molecule has 0 fully saturated rings. The summed E-state index contributed by atoms with van der Waals surface area (Å²) in [6.07, 6.45) is 1.76. The maximum atomic E-state index is 5.31. The molecule has 0 N–H and O–H groups in total. The molecule has 0 unspecified atom stereocenters. The van der Waals surface area contributed by atoms with E-state index < -0.39 is 0 Å². The van der Waals surface area contributed by atoms with Crippen molar-refractivity contribution in [2.75, 3.05) is 13.2 Å². The minimum Gasteiger partial charge on any atom is -0.484 e. The van der Waals surface area contributed by atoms with Crippen molar-refractivity contribution < 1.29 is 9.47 Å². The van der Waals surface area contributed by atoms with E-state index in [4.69, 9.17) is 9.47 Å². The summed E-state index contributed by atoms with van der Waals surface area (Å²) in [6.45, 7) is 1.22. The summed E-state index contributed by atoms with van der Waals surface area (Å²) in [4.78, 5) is 4.06. The average Bonchev–Trinajstić information content (AvgIpc) is 2.04. The van der Waals surface area contributed by atoms with E-state index in [1.54, 1.807) is 6.20 Å². The number of pyridine rings is 1. The number of rotatable bonds is 0. The number of nitrogens with zero attached hydrogens (tertiary/aromatic N) is 1. The van der Waals surface area contributed by atoms with Gasteiger partial charge in [0.15, 0.2) is 5.75 Å². The van der Waals surface area contributed by atoms with E-state index in [9.17, 15) is 0 Å². The van der Waals surface area contributed by atoms with Crippen LogP contribution in [0.1, 0.15) is 0 Å². The zero-order valence-corrected chi connectivity index (χ0v) is 7.87. The summed E-state index contributed by atoms with van der Waals surface area (Å²) < 4.78 is 11.6. The van der Waals surface area contributed by atoms with Crippen molar-refractivity contribution in [3.63, 3.8) is 0 Å². The van der Waals surface area contributed by atoms with Crippen molar-refractivity contribution in [2.45, 2.75) is 0 Å². The van der Waals surface area contributed by atoms with Gasteiger partial charge >= 0.3 is 0 Å². The molecule has 0 aromatic carbocycles. The first-order valence-electron chi connectivity index (χ1n) is 3.27. The third kappa shape index (κ3) is 1.40. The summed E-state index contributed by atoms with van der Waals surface area (Å²) in [5.41, 5.74) is 0. The molecule has 3 nitrogen and oxygen atoms in total. The van der Waals surface area contributed by atoms with Gasteiger partial charge in [0.2, 0.25) is 0 Å². The zero-order chi connectivity index (χ0) is 7.68. The highest BCUT2D eigenvalue weighted by molar-refractivity contribution is 14.1. The van der Waals surface area contributed by atoms with Gasteiger partial charge in [-0.25, -0.2) is 4.98 Å². The first-order chi connectivity index (χ1) is 5.36. The second-order valence-corrected chi connectivity index (χ2v) is 3.40. The SMILES string of the molecule is Ic1cnc2c(c1)OCCO2. The molecule has 0 spiro atoms. The van der Waals surface area contributed by atoms with Crippen LogP contribution in [-0.4, -0.2) is 18.2 Å². The number of hydrogen-bond acceptors (Lipinski definition) is 3. The molecule has 2 heterocycles. The quantitative estimate of drug-likeness (QED) is 0.664. The molecular weight excluding hydrogens is 257 g/mol. The van der Waals surface area contributed by atoms with Gasteiger partial charge in [-0.15, -0.1) is 0 Å². The zero-order valence-electron chi connectivity index (χ0n) is 5.71. The average molecular weight is 263 g/mol. The predicted molar refractivity (Wildman–Crippen MR) is 47.9 cm³/mol. The molecule has 0 bridgehead atoms. The lowest BCUT2D eigenvalue weighted by molar-refractivity contribution is 0.164. The summed E-state index contributed by atoms with van der Waals surface area (Å²) in [5.74, 6) is 1.36. The van der Waals surface area contributed by atoms with Gasteiger partial charge in [-0.3, -0.25) is 0 Å². The first kappa shape index (κ1) is 7.15. The summed E-state index contributed by atoms with van der Waals surface area (Å²) in [5, 5.41) is 0. The smallest absolute Gasteiger partial charge is 0.257 e. The fraction of sp³-hybridized carbons (Fsp3) is 0.286. The minimum absolute atomic E-state index is 0.598. The number of fused-ring (bicyclic) bond motifs is 1. The molecule has 58 valence electrons. The molecular formula is C7H6INO2. The molecule has 0 radical (unpaired) electrons. The maximum absolute atomic E-state index is 5.31. The molecule has 0 amide bonds. The standard InChI is InChI=1S/C7H6INO2/c8-5-3-6-7(9-4-5)11-2-1-10-6/h3-4H,1-2H2. The molecule has 1 aliphatic heterocycles. The monoisotopic (exact) mass is 263 g/mol. The Balaban J connectivity index is 2.43. The Labute approximate surface area is 77.9 Å². The first-order valence-corrected chi connectivity index (χ1v) is 4.35. The van der Waals surface area contributed by atoms with Crippen LogP contribution in [0.15, 0.2) is 12.3 Å². The third-order valence-electron chi connectivity index (χ3n) is 1.36. The van der Waals surface area contributed by atoms with E-state index in [2.05, 4.69) is 27.6 Å². The fourth-order valence-corrected chi connectivity index (χ4v) is 1.33. The minimum atomic E-state index is 0.598. The Morgan fingerprint density at radius 1 is 1.36 bits per heavy atom. The summed E-state index contributed by atoms with van der Waals surface area (Å²) >= 11 is 2.19. The molecule has 4 heteroatoms. The second kappa shape index (κ2) is 2.84. The van der Waals surface area contributed by atoms with E-state index >= 15 is 0 Å². The Morgan fingerprint density at radius 2 is 2.18 bits per heavy atom. The van der Waals surface area contributed by atoms with Crippen molar-refractivity contribution >= 4 is 22.6 Å². The van der Waals surface area contributed by atoms with E-state index in [1.807, 2.05) is 6.07 Å². The molecule has 2 rings (SSSR count). The highest BCUT2D eigenvalue weighted by Crippen LogP contribution is 2.28. The van der Waals surface area contributed by atoms with Crippen molar-refractivity contribution in [1.29, 1.82) is 0 Å². The van der Waals surface area contributed by atoms with E-state index in [0.29, 0.717) is 19.1 Å². The predicted octanol–water partition coefficient (Wildman–Crippen LogP) is 1.46. The van der Waals surface area contributed by atoms with Crippen LogP contribution >= 0.6 is 22.6 Å². The van der Waals surface area contributed by atoms with Gasteiger partial charge in [0, 0.05) is 15.8 Å². The molecule has 1 aromatic heterocycles. The van der Waals surface area contributed by atoms with Crippen LogP contribution in [0.25, 0.3) is 0 Å². The Bertz CT molecular complexity index is 277. The van der Waals surface area contributed by atoms with Gasteiger partial charge in [0.05, 0.1) is 0 Å². The Kier molecular flexibility index (Phi) is 1.85. The topological polar surface area (TPSA) is 31.4 Å². The van der Waals surface area contributed by atoms with Crippen LogP contribution in [0.3, 0.4) is 0 Å². The lowest BCUT2D eigenvalue weighted by Crippen LogP contribution is -2.16. The van der Waals surface area contributed by atoms with Crippen LogP contribution in [0.4, 0.5) is 0 Å². The summed E-state index contributed by atoms with van der Waals surface area (Å²) in [7, 11) is 0. The third-order valence-corrected chi connectivity index (χ3v) is 1.95. The molecule has 0 aliphatic carbocycles. The lowest BCUT2D eigenvalue weighted by Gasteiger charge is -2.16. The Hall–Kier alpha value is -0.520. The van der Waals surface area contributed by atoms with Gasteiger partial charge in [0.1, 0.15) is 13.2 Å². The Morgan fingerprint density at radius 3 is 3.09 bits per heavy atom. The van der Waals surface area contributed by atoms with E-state index in [0.717, 1.165) is 9.32 Å². The van der Waals surface area contributed by atoms with Crippen molar-refractivity contribution in [3.8, 4) is 11.6 Å². The molecule has 0 atom stereocenters. The van der Waals surface area contributed by atoms with Crippen molar-refractivity contribution in [2.24, 2.45) is 0 Å². The van der Waals surface area contributed by atoms with Gasteiger partial charge < -0.3 is 9.47 Å². The number of hydrogen-bond donors (Lipinski definition) is 0. The number of halogens is 1. The second-order valence-electron chi connectivity index (χ2n) is 2.15. The fourth-order valence-electron chi connectivity index (χ4n) is 0.910. The highest BCUT2D eigenvalue weighted by atomic mass is 127. The highest BCUT2D eigenvalue weighted by Gasteiger charge is 2.11. The largest absolute Gasteiger partial charge is 0.484 e. The van der Waals surface area contributed by atoms with Crippen LogP contribution in [-0.2, 0) is 0 Å². The van der Waals surface area contributed by atoms with Crippen LogP contribution in [0.2, 0.25) is 0 Å². The van der Waals surface area contributed by atoms with Gasteiger partial charge in [-0.1, -0.05) is 0 Å². The van der Waals surface area contributed by atoms with E-state index in [1.165, 1.54) is 0 Å². The molecule has 11 heavy (non-hydrogen) atoms. The van der Waals surface area contributed by atoms with E-state index in [-0.39, 0.29) is 0 Å². The van der Waals surface area contributed by atoms with Crippen molar-refractivity contribution in [1.82, 2.24) is 4.98 Å². The summed E-state index contributed by atoms with van der Waals surface area (Å²) in [6, 6.07) is 1.92. The van der Waals surface area contributed by atoms with Crippen molar-refractivity contribution in [3.05, 3.63) is 15.8 Å². The van der Waals surface area contributed by atoms with Crippen LogP contribution in [0.5, 0.6) is 11.6 Å². The molecule has 0 saturated heterocycles. The van der Waals surface area contributed by atoms with Gasteiger partial charge in [0.25, 0.3) is 5.88 Å². The van der Waals surface area contributed by atoms with Crippen LogP contribution < -0.4 is 9.47 Å². The van der Waals surface area contributed by atoms with Gasteiger partial charge in [-0.2, -0.15) is 0 Å².